The molecule has 0 amide bonds. The van der Waals surface area contributed by atoms with Crippen LogP contribution in [-0.2, 0) is 9.53 Å². The molecule has 0 aromatic heterocycles. The van der Waals surface area contributed by atoms with Gasteiger partial charge < -0.3 is 4.74 Å². The fourth-order valence-corrected chi connectivity index (χ4v) is 2.23. The Bertz CT molecular complexity index is 157. The lowest BCUT2D eigenvalue weighted by molar-refractivity contribution is -0.146. The highest BCUT2D eigenvalue weighted by Crippen LogP contribution is 2.13. The first-order valence-electron chi connectivity index (χ1n) is 5.32. The Hall–Kier alpha value is -0.180. The molecule has 0 aliphatic heterocycles. The van der Waals surface area contributed by atoms with Gasteiger partial charge in [-0.1, -0.05) is 20.8 Å². The third kappa shape index (κ3) is 7.25. The molecule has 0 N–H and O–H groups in total. The first-order chi connectivity index (χ1) is 6.57. The minimum atomic E-state index is -0.0652. The van der Waals surface area contributed by atoms with Crippen molar-refractivity contribution in [2.45, 2.75) is 34.1 Å². The highest BCUT2D eigenvalue weighted by atomic mass is 32.2. The Morgan fingerprint density at radius 2 is 2.00 bits per heavy atom. The smallest absolute Gasteiger partial charge is 0.309 e. The normalized spacial score (nSPS) is 12.9. The molecule has 0 fully saturated rings. The summed E-state index contributed by atoms with van der Waals surface area (Å²) in [6.45, 7) is 8.70. The zero-order valence-electron chi connectivity index (χ0n) is 9.71. The predicted molar refractivity (Wildman–Crippen MR) is 62.6 cm³/mol. The summed E-state index contributed by atoms with van der Waals surface area (Å²) in [5.41, 5.74) is 0. The minimum absolute atomic E-state index is 0.0344. The van der Waals surface area contributed by atoms with Crippen LogP contribution in [0.3, 0.4) is 0 Å². The van der Waals surface area contributed by atoms with Gasteiger partial charge in [0.2, 0.25) is 0 Å². The van der Waals surface area contributed by atoms with E-state index in [0.717, 1.165) is 17.4 Å². The van der Waals surface area contributed by atoms with Gasteiger partial charge in [-0.3, -0.25) is 4.79 Å². The van der Waals surface area contributed by atoms with Crippen molar-refractivity contribution in [3.8, 4) is 0 Å². The third-order valence-corrected chi connectivity index (χ3v) is 3.16. The van der Waals surface area contributed by atoms with Crippen LogP contribution in [0.5, 0.6) is 0 Å². The van der Waals surface area contributed by atoms with Crippen molar-refractivity contribution in [3.63, 3.8) is 0 Å². The molecule has 0 bridgehead atoms. The molecule has 0 heterocycles. The Labute approximate surface area is 91.8 Å². The lowest BCUT2D eigenvalue weighted by Gasteiger charge is -2.10. The SMILES string of the molecule is CCOC(=O)C(C)CSCCC(C)C. The van der Waals surface area contributed by atoms with Crippen LogP contribution in [0, 0.1) is 11.8 Å². The molecule has 1 atom stereocenters. The number of hydrogen-bond acceptors (Lipinski definition) is 3. The Morgan fingerprint density at radius 1 is 1.36 bits per heavy atom. The largest absolute Gasteiger partial charge is 0.466 e. The predicted octanol–water partition coefficient (Wildman–Crippen LogP) is 2.96. The van der Waals surface area contributed by atoms with Crippen LogP contribution >= 0.6 is 11.8 Å². The van der Waals surface area contributed by atoms with Crippen LogP contribution in [0.1, 0.15) is 34.1 Å². The second kappa shape index (κ2) is 8.16. The van der Waals surface area contributed by atoms with E-state index in [1.54, 1.807) is 0 Å². The van der Waals surface area contributed by atoms with Gasteiger partial charge in [0.25, 0.3) is 0 Å². The van der Waals surface area contributed by atoms with Gasteiger partial charge in [0.1, 0.15) is 0 Å². The number of rotatable bonds is 7. The van der Waals surface area contributed by atoms with Gasteiger partial charge in [0.05, 0.1) is 12.5 Å². The molecule has 1 unspecified atom stereocenters. The van der Waals surface area contributed by atoms with Crippen LogP contribution in [0.15, 0.2) is 0 Å². The molecular weight excluding hydrogens is 196 g/mol. The van der Waals surface area contributed by atoms with Crippen molar-refractivity contribution < 1.29 is 9.53 Å². The maximum absolute atomic E-state index is 11.2. The molecule has 0 radical (unpaired) electrons. The molecular formula is C11H22O2S. The van der Waals surface area contributed by atoms with E-state index in [1.807, 2.05) is 25.6 Å². The average Bonchev–Trinajstić information content (AvgIpc) is 2.12. The second-order valence-electron chi connectivity index (χ2n) is 3.91. The standard InChI is InChI=1S/C11H22O2S/c1-5-13-11(12)10(4)8-14-7-6-9(2)3/h9-10H,5-8H2,1-4H3. The number of carbonyl (C=O) groups excluding carboxylic acids is 1. The highest BCUT2D eigenvalue weighted by molar-refractivity contribution is 7.99. The van der Waals surface area contributed by atoms with Crippen molar-refractivity contribution >= 4 is 17.7 Å². The zero-order valence-corrected chi connectivity index (χ0v) is 10.5. The average molecular weight is 218 g/mol. The molecule has 0 spiro atoms. The molecule has 2 nitrogen and oxygen atoms in total. The van der Waals surface area contributed by atoms with Crippen LogP contribution < -0.4 is 0 Å². The summed E-state index contributed by atoms with van der Waals surface area (Å²) >= 11 is 1.84. The molecule has 0 aliphatic rings. The first kappa shape index (κ1) is 13.8. The van der Waals surface area contributed by atoms with Gasteiger partial charge in [-0.05, 0) is 25.0 Å². The zero-order chi connectivity index (χ0) is 11.0. The van der Waals surface area contributed by atoms with Crippen LogP contribution in [0.2, 0.25) is 0 Å². The van der Waals surface area contributed by atoms with Gasteiger partial charge in [-0.15, -0.1) is 0 Å². The van der Waals surface area contributed by atoms with Gasteiger partial charge in [-0.2, -0.15) is 11.8 Å². The molecule has 0 aromatic carbocycles. The topological polar surface area (TPSA) is 26.3 Å². The Morgan fingerprint density at radius 3 is 2.50 bits per heavy atom. The minimum Gasteiger partial charge on any atom is -0.466 e. The molecule has 14 heavy (non-hydrogen) atoms. The Balaban J connectivity index is 3.43. The quantitative estimate of drug-likeness (QED) is 0.485. The monoisotopic (exact) mass is 218 g/mol. The second-order valence-corrected chi connectivity index (χ2v) is 5.06. The summed E-state index contributed by atoms with van der Waals surface area (Å²) in [7, 11) is 0. The van der Waals surface area contributed by atoms with Crippen molar-refractivity contribution in [2.24, 2.45) is 11.8 Å². The molecule has 3 heteroatoms. The van der Waals surface area contributed by atoms with Crippen LogP contribution in [-0.4, -0.2) is 24.1 Å². The van der Waals surface area contributed by atoms with E-state index in [2.05, 4.69) is 13.8 Å². The van der Waals surface area contributed by atoms with Gasteiger partial charge in [0, 0.05) is 5.75 Å². The lowest BCUT2D eigenvalue weighted by atomic mass is 10.2. The van der Waals surface area contributed by atoms with Gasteiger partial charge in [-0.25, -0.2) is 0 Å². The van der Waals surface area contributed by atoms with E-state index in [1.165, 1.54) is 6.42 Å². The van der Waals surface area contributed by atoms with Crippen molar-refractivity contribution in [3.05, 3.63) is 0 Å². The van der Waals surface area contributed by atoms with E-state index in [-0.39, 0.29) is 11.9 Å². The maximum Gasteiger partial charge on any atom is 0.309 e. The summed E-state index contributed by atoms with van der Waals surface area (Å²) in [4.78, 5) is 11.2. The summed E-state index contributed by atoms with van der Waals surface area (Å²) in [5, 5.41) is 0. The van der Waals surface area contributed by atoms with E-state index >= 15 is 0 Å². The van der Waals surface area contributed by atoms with E-state index in [0.29, 0.717) is 6.61 Å². The maximum atomic E-state index is 11.2. The Kier molecular flexibility index (Phi) is 8.05. The molecule has 0 aromatic rings. The number of esters is 1. The van der Waals surface area contributed by atoms with Crippen molar-refractivity contribution in [1.82, 2.24) is 0 Å². The molecule has 0 aliphatic carbocycles. The number of hydrogen-bond donors (Lipinski definition) is 0. The summed E-state index contributed by atoms with van der Waals surface area (Å²) in [6.07, 6.45) is 1.22. The summed E-state index contributed by atoms with van der Waals surface area (Å²) in [5.74, 6) is 2.74. The van der Waals surface area contributed by atoms with E-state index < -0.39 is 0 Å². The molecule has 84 valence electrons. The third-order valence-electron chi connectivity index (χ3n) is 1.90. The fraction of sp³-hybridized carbons (Fsp3) is 0.909. The highest BCUT2D eigenvalue weighted by Gasteiger charge is 2.13. The van der Waals surface area contributed by atoms with Crippen LogP contribution in [0.25, 0.3) is 0 Å². The fourth-order valence-electron chi connectivity index (χ4n) is 0.932. The van der Waals surface area contributed by atoms with E-state index in [9.17, 15) is 4.79 Å². The molecule has 0 rings (SSSR count). The summed E-state index contributed by atoms with van der Waals surface area (Å²) < 4.78 is 4.93. The molecule has 0 saturated carbocycles. The van der Waals surface area contributed by atoms with Crippen LogP contribution in [0.4, 0.5) is 0 Å². The molecule has 0 saturated heterocycles. The van der Waals surface area contributed by atoms with Gasteiger partial charge >= 0.3 is 5.97 Å². The lowest BCUT2D eigenvalue weighted by Crippen LogP contribution is -2.17. The number of thioether (sulfide) groups is 1. The van der Waals surface area contributed by atoms with Gasteiger partial charge in [0.15, 0.2) is 0 Å². The van der Waals surface area contributed by atoms with E-state index in [4.69, 9.17) is 4.74 Å². The number of carbonyl (C=O) groups is 1. The number of ether oxygens (including phenoxy) is 1. The van der Waals surface area contributed by atoms with Crippen molar-refractivity contribution in [1.29, 1.82) is 0 Å². The first-order valence-corrected chi connectivity index (χ1v) is 6.47. The summed E-state index contributed by atoms with van der Waals surface area (Å²) in [6, 6.07) is 0. The van der Waals surface area contributed by atoms with Crippen molar-refractivity contribution in [2.75, 3.05) is 18.1 Å².